The van der Waals surface area contributed by atoms with E-state index in [4.69, 9.17) is 4.42 Å². The van der Waals surface area contributed by atoms with E-state index < -0.39 is 0 Å². The SMILES string of the molecule is OCC1CCCN1CC1CCCN1Cc1nc2cc(F)ccc2o1. The van der Waals surface area contributed by atoms with E-state index in [0.29, 0.717) is 35.6 Å². The molecule has 4 rings (SSSR count). The Morgan fingerprint density at radius 2 is 1.96 bits per heavy atom. The van der Waals surface area contributed by atoms with Gasteiger partial charge in [-0.3, -0.25) is 9.80 Å². The largest absolute Gasteiger partial charge is 0.439 e. The van der Waals surface area contributed by atoms with Crippen molar-refractivity contribution in [3.63, 3.8) is 0 Å². The lowest BCUT2D eigenvalue weighted by atomic mass is 10.2. The van der Waals surface area contributed by atoms with Gasteiger partial charge in [0.05, 0.1) is 13.2 Å². The van der Waals surface area contributed by atoms with Crippen LogP contribution in [-0.2, 0) is 6.54 Å². The maximum atomic E-state index is 13.3. The number of likely N-dealkylation sites (tertiary alicyclic amines) is 2. The second-order valence-corrected chi connectivity index (χ2v) is 6.96. The molecule has 0 radical (unpaired) electrons. The van der Waals surface area contributed by atoms with Gasteiger partial charge in [0, 0.05) is 24.7 Å². The highest BCUT2D eigenvalue weighted by Gasteiger charge is 2.31. The molecule has 24 heavy (non-hydrogen) atoms. The summed E-state index contributed by atoms with van der Waals surface area (Å²) in [5.74, 6) is 0.369. The Labute approximate surface area is 141 Å². The molecule has 6 heteroatoms. The minimum absolute atomic E-state index is 0.253. The lowest BCUT2D eigenvalue weighted by Crippen LogP contribution is -2.43. The third kappa shape index (κ3) is 3.18. The second-order valence-electron chi connectivity index (χ2n) is 6.96. The Morgan fingerprint density at radius 3 is 2.79 bits per heavy atom. The van der Waals surface area contributed by atoms with E-state index in [-0.39, 0.29) is 12.4 Å². The molecule has 1 aromatic carbocycles. The summed E-state index contributed by atoms with van der Waals surface area (Å²) in [5, 5.41) is 9.50. The van der Waals surface area contributed by atoms with E-state index >= 15 is 0 Å². The van der Waals surface area contributed by atoms with Crippen molar-refractivity contribution in [1.29, 1.82) is 0 Å². The van der Waals surface area contributed by atoms with Crippen LogP contribution < -0.4 is 0 Å². The van der Waals surface area contributed by atoms with Gasteiger partial charge >= 0.3 is 0 Å². The van der Waals surface area contributed by atoms with Gasteiger partial charge in [-0.15, -0.1) is 0 Å². The van der Waals surface area contributed by atoms with Crippen molar-refractivity contribution in [2.24, 2.45) is 0 Å². The van der Waals surface area contributed by atoms with Crippen LogP contribution >= 0.6 is 0 Å². The number of fused-ring (bicyclic) bond motifs is 1. The quantitative estimate of drug-likeness (QED) is 0.910. The molecule has 130 valence electrons. The Balaban J connectivity index is 1.44. The number of halogens is 1. The molecular weight excluding hydrogens is 309 g/mol. The van der Waals surface area contributed by atoms with E-state index in [2.05, 4.69) is 14.8 Å². The van der Waals surface area contributed by atoms with E-state index in [9.17, 15) is 9.50 Å². The highest BCUT2D eigenvalue weighted by atomic mass is 19.1. The van der Waals surface area contributed by atoms with Crippen LogP contribution in [0.25, 0.3) is 11.1 Å². The molecule has 0 spiro atoms. The molecular formula is C18H24FN3O2. The van der Waals surface area contributed by atoms with Crippen LogP contribution in [0.4, 0.5) is 4.39 Å². The first-order chi connectivity index (χ1) is 11.7. The van der Waals surface area contributed by atoms with E-state index in [0.717, 1.165) is 26.1 Å². The molecule has 3 heterocycles. The fraction of sp³-hybridized carbons (Fsp3) is 0.611. The third-order valence-corrected chi connectivity index (χ3v) is 5.39. The minimum Gasteiger partial charge on any atom is -0.439 e. The van der Waals surface area contributed by atoms with Gasteiger partial charge in [0.1, 0.15) is 11.3 Å². The summed E-state index contributed by atoms with van der Waals surface area (Å²) in [5.41, 5.74) is 1.22. The first-order valence-electron chi connectivity index (χ1n) is 8.87. The van der Waals surface area contributed by atoms with Crippen LogP contribution in [0.15, 0.2) is 22.6 Å². The molecule has 2 aliphatic rings. The van der Waals surface area contributed by atoms with Crippen molar-refractivity contribution in [3.8, 4) is 0 Å². The molecule has 2 saturated heterocycles. The van der Waals surface area contributed by atoms with Gasteiger partial charge in [0.25, 0.3) is 0 Å². The van der Waals surface area contributed by atoms with Gasteiger partial charge < -0.3 is 9.52 Å². The summed E-state index contributed by atoms with van der Waals surface area (Å²) in [6, 6.07) is 5.25. The number of aliphatic hydroxyl groups excluding tert-OH is 1. The maximum Gasteiger partial charge on any atom is 0.209 e. The zero-order chi connectivity index (χ0) is 16.5. The lowest BCUT2D eigenvalue weighted by Gasteiger charge is -2.30. The minimum atomic E-state index is -0.287. The average Bonchev–Trinajstić information content (AvgIpc) is 3.28. The summed E-state index contributed by atoms with van der Waals surface area (Å²) in [6.45, 7) is 4.04. The number of benzene rings is 1. The fourth-order valence-corrected chi connectivity index (χ4v) is 4.11. The molecule has 1 N–H and O–H groups in total. The number of oxazole rings is 1. The molecule has 0 amide bonds. The molecule has 2 unspecified atom stereocenters. The van der Waals surface area contributed by atoms with Gasteiger partial charge in [-0.1, -0.05) is 0 Å². The van der Waals surface area contributed by atoms with Crippen molar-refractivity contribution < 1.29 is 13.9 Å². The van der Waals surface area contributed by atoms with E-state index in [1.165, 1.54) is 31.4 Å². The normalized spacial score (nSPS) is 25.9. The summed E-state index contributed by atoms with van der Waals surface area (Å²) < 4.78 is 19.1. The molecule has 0 aliphatic carbocycles. The first kappa shape index (κ1) is 16.0. The Kier molecular flexibility index (Phi) is 4.52. The lowest BCUT2D eigenvalue weighted by molar-refractivity contribution is 0.116. The standard InChI is InChI=1S/C18H24FN3O2/c19-13-5-6-17-16(9-13)20-18(24-17)11-22-8-1-3-14(22)10-21-7-2-4-15(21)12-23/h5-6,9,14-15,23H,1-4,7-8,10-12H2. The molecule has 0 saturated carbocycles. The first-order valence-corrected chi connectivity index (χ1v) is 8.87. The van der Waals surface area contributed by atoms with Crippen LogP contribution in [0.5, 0.6) is 0 Å². The number of aliphatic hydroxyl groups is 1. The molecule has 2 aliphatic heterocycles. The average molecular weight is 333 g/mol. The number of hydrogen-bond acceptors (Lipinski definition) is 5. The topological polar surface area (TPSA) is 52.7 Å². The van der Waals surface area contributed by atoms with Crippen LogP contribution in [-0.4, -0.2) is 58.2 Å². The Morgan fingerprint density at radius 1 is 1.17 bits per heavy atom. The zero-order valence-electron chi connectivity index (χ0n) is 13.8. The van der Waals surface area contributed by atoms with Gasteiger partial charge in [0.15, 0.2) is 5.58 Å². The van der Waals surface area contributed by atoms with Crippen molar-refractivity contribution in [3.05, 3.63) is 29.9 Å². The summed E-state index contributed by atoms with van der Waals surface area (Å²) in [4.78, 5) is 9.26. The van der Waals surface area contributed by atoms with Crippen LogP contribution in [0.3, 0.4) is 0 Å². The Hall–Kier alpha value is -1.50. The fourth-order valence-electron chi connectivity index (χ4n) is 4.11. The molecule has 2 aromatic rings. The van der Waals surface area contributed by atoms with Gasteiger partial charge in [-0.25, -0.2) is 9.37 Å². The number of aromatic nitrogens is 1. The number of nitrogens with zero attached hydrogens (tertiary/aromatic N) is 3. The maximum absolute atomic E-state index is 13.3. The number of rotatable bonds is 5. The predicted molar refractivity (Wildman–Crippen MR) is 89.1 cm³/mol. The highest BCUT2D eigenvalue weighted by molar-refractivity contribution is 5.72. The second kappa shape index (κ2) is 6.78. The molecule has 2 fully saturated rings. The van der Waals surface area contributed by atoms with Crippen molar-refractivity contribution >= 4 is 11.1 Å². The summed E-state index contributed by atoms with van der Waals surface area (Å²) >= 11 is 0. The highest BCUT2D eigenvalue weighted by Crippen LogP contribution is 2.25. The molecule has 2 atom stereocenters. The molecule has 5 nitrogen and oxygen atoms in total. The zero-order valence-corrected chi connectivity index (χ0v) is 13.8. The van der Waals surface area contributed by atoms with Crippen molar-refractivity contribution in [2.45, 2.75) is 44.3 Å². The smallest absolute Gasteiger partial charge is 0.209 e. The predicted octanol–water partition coefficient (Wildman–Crippen LogP) is 2.39. The van der Waals surface area contributed by atoms with Crippen molar-refractivity contribution in [2.75, 3.05) is 26.2 Å². The van der Waals surface area contributed by atoms with E-state index in [1.807, 2.05) is 0 Å². The van der Waals surface area contributed by atoms with Crippen molar-refractivity contribution in [1.82, 2.24) is 14.8 Å². The van der Waals surface area contributed by atoms with Gasteiger partial charge in [-0.2, -0.15) is 0 Å². The summed E-state index contributed by atoms with van der Waals surface area (Å²) in [6.07, 6.45) is 4.62. The Bertz CT molecular complexity index is 705. The number of hydrogen-bond donors (Lipinski definition) is 1. The van der Waals surface area contributed by atoms with E-state index in [1.54, 1.807) is 6.07 Å². The summed E-state index contributed by atoms with van der Waals surface area (Å²) in [7, 11) is 0. The third-order valence-electron chi connectivity index (χ3n) is 5.39. The van der Waals surface area contributed by atoms with Crippen LogP contribution in [0.2, 0.25) is 0 Å². The molecule has 0 bridgehead atoms. The molecule has 1 aromatic heterocycles. The van der Waals surface area contributed by atoms with Crippen LogP contribution in [0.1, 0.15) is 31.6 Å². The van der Waals surface area contributed by atoms with Crippen LogP contribution in [0, 0.1) is 5.82 Å². The monoisotopic (exact) mass is 333 g/mol. The van der Waals surface area contributed by atoms with Gasteiger partial charge in [0.2, 0.25) is 5.89 Å². The van der Waals surface area contributed by atoms with Gasteiger partial charge in [-0.05, 0) is 50.9 Å².